The largest absolute Gasteiger partial charge is 0.350 e. The third-order valence-electron chi connectivity index (χ3n) is 4.44. The number of hydrogen-bond donors (Lipinski definition) is 3. The first-order valence-corrected chi connectivity index (χ1v) is 10.1. The number of sulfonamides is 1. The molecular formula is C19H24ClN3O3S. The zero-order valence-electron chi connectivity index (χ0n) is 14.8. The van der Waals surface area contributed by atoms with Crippen LogP contribution in [0.15, 0.2) is 59.5 Å². The van der Waals surface area contributed by atoms with Gasteiger partial charge in [-0.25, -0.2) is 13.1 Å². The first kappa shape index (κ1) is 21.4. The van der Waals surface area contributed by atoms with Crippen molar-refractivity contribution in [3.63, 3.8) is 0 Å². The zero-order chi connectivity index (χ0) is 18.6. The highest BCUT2D eigenvalue weighted by molar-refractivity contribution is 7.89. The lowest BCUT2D eigenvalue weighted by Crippen LogP contribution is -2.38. The van der Waals surface area contributed by atoms with E-state index in [4.69, 9.17) is 5.73 Å². The molecule has 2 aromatic carbocycles. The van der Waals surface area contributed by atoms with Crippen molar-refractivity contribution in [2.24, 2.45) is 11.7 Å². The molecule has 2 aromatic rings. The number of halogens is 1. The molecule has 1 unspecified atom stereocenters. The lowest BCUT2D eigenvalue weighted by Gasteiger charge is -2.12. The summed E-state index contributed by atoms with van der Waals surface area (Å²) < 4.78 is 27.5. The van der Waals surface area contributed by atoms with Gasteiger partial charge in [0.05, 0.1) is 4.90 Å². The molecule has 0 aliphatic heterocycles. The van der Waals surface area contributed by atoms with E-state index in [9.17, 15) is 13.2 Å². The van der Waals surface area contributed by atoms with Crippen LogP contribution in [-0.2, 0) is 16.6 Å². The number of rotatable bonds is 8. The Balaban J connectivity index is 0.00000261. The number of amides is 1. The first-order valence-electron chi connectivity index (χ1n) is 8.63. The molecule has 8 heteroatoms. The van der Waals surface area contributed by atoms with Gasteiger partial charge in [0.25, 0.3) is 5.91 Å². The summed E-state index contributed by atoms with van der Waals surface area (Å²) in [4.78, 5) is 12.3. The lowest BCUT2D eigenvalue weighted by atomic mass is 10.2. The predicted molar refractivity (Wildman–Crippen MR) is 107 cm³/mol. The van der Waals surface area contributed by atoms with Crippen LogP contribution in [0.4, 0.5) is 0 Å². The van der Waals surface area contributed by atoms with Gasteiger partial charge in [0.15, 0.2) is 0 Å². The smallest absolute Gasteiger partial charge is 0.251 e. The van der Waals surface area contributed by atoms with Gasteiger partial charge in [0.1, 0.15) is 0 Å². The average molecular weight is 410 g/mol. The van der Waals surface area contributed by atoms with E-state index < -0.39 is 10.0 Å². The van der Waals surface area contributed by atoms with Crippen LogP contribution in [0.3, 0.4) is 0 Å². The molecule has 6 nitrogen and oxygen atoms in total. The Morgan fingerprint density at radius 1 is 1.11 bits per heavy atom. The normalized spacial score (nSPS) is 14.9. The molecule has 0 radical (unpaired) electrons. The van der Waals surface area contributed by atoms with Gasteiger partial charge in [-0.1, -0.05) is 36.4 Å². The van der Waals surface area contributed by atoms with Gasteiger partial charge in [-0.05, 0) is 42.5 Å². The Labute approximate surface area is 166 Å². The SMILES string of the molecule is Cl.NC(CNC(=O)c1cccc(S(=O)(=O)NCc2ccccc2)c1)C1CC1. The van der Waals surface area contributed by atoms with Crippen LogP contribution in [0.5, 0.6) is 0 Å². The topological polar surface area (TPSA) is 101 Å². The van der Waals surface area contributed by atoms with Gasteiger partial charge >= 0.3 is 0 Å². The fourth-order valence-electron chi connectivity index (χ4n) is 2.67. The fraction of sp³-hybridized carbons (Fsp3) is 0.316. The second kappa shape index (κ2) is 9.32. The molecule has 4 N–H and O–H groups in total. The molecule has 0 spiro atoms. The fourth-order valence-corrected chi connectivity index (χ4v) is 3.73. The molecule has 27 heavy (non-hydrogen) atoms. The van der Waals surface area contributed by atoms with E-state index in [-0.39, 0.29) is 35.8 Å². The Morgan fingerprint density at radius 2 is 1.81 bits per heavy atom. The average Bonchev–Trinajstić information content (AvgIpc) is 3.50. The quantitative estimate of drug-likeness (QED) is 0.621. The lowest BCUT2D eigenvalue weighted by molar-refractivity contribution is 0.0950. The third-order valence-corrected chi connectivity index (χ3v) is 5.84. The van der Waals surface area contributed by atoms with Crippen molar-refractivity contribution in [3.05, 3.63) is 65.7 Å². The molecular weight excluding hydrogens is 386 g/mol. The van der Waals surface area contributed by atoms with Gasteiger partial charge in [0.2, 0.25) is 10.0 Å². The molecule has 0 bridgehead atoms. The van der Waals surface area contributed by atoms with Crippen LogP contribution in [0, 0.1) is 5.92 Å². The van der Waals surface area contributed by atoms with Crippen LogP contribution in [0.25, 0.3) is 0 Å². The van der Waals surface area contributed by atoms with Crippen LogP contribution < -0.4 is 15.8 Å². The molecule has 1 aliphatic carbocycles. The van der Waals surface area contributed by atoms with E-state index in [1.54, 1.807) is 12.1 Å². The van der Waals surface area contributed by atoms with Gasteiger partial charge in [0, 0.05) is 24.7 Å². The maximum absolute atomic E-state index is 12.5. The van der Waals surface area contributed by atoms with Crippen molar-refractivity contribution in [1.29, 1.82) is 0 Å². The molecule has 0 aromatic heterocycles. The van der Waals surface area contributed by atoms with Crippen molar-refractivity contribution in [2.45, 2.75) is 30.3 Å². The van der Waals surface area contributed by atoms with Crippen LogP contribution in [0.1, 0.15) is 28.8 Å². The second-order valence-electron chi connectivity index (χ2n) is 6.55. The van der Waals surface area contributed by atoms with Crippen LogP contribution >= 0.6 is 12.4 Å². The predicted octanol–water partition coefficient (Wildman–Crippen LogP) is 2.05. The zero-order valence-corrected chi connectivity index (χ0v) is 16.4. The minimum Gasteiger partial charge on any atom is -0.350 e. The number of nitrogens with two attached hydrogens (primary N) is 1. The number of benzene rings is 2. The summed E-state index contributed by atoms with van der Waals surface area (Å²) >= 11 is 0. The molecule has 0 heterocycles. The molecule has 1 atom stereocenters. The molecule has 1 aliphatic rings. The van der Waals surface area contributed by atoms with Crippen molar-refractivity contribution < 1.29 is 13.2 Å². The number of carbonyl (C=O) groups excluding carboxylic acids is 1. The first-order chi connectivity index (χ1) is 12.5. The molecule has 0 saturated heterocycles. The van der Waals surface area contributed by atoms with Crippen LogP contribution in [-0.4, -0.2) is 26.9 Å². The Bertz CT molecular complexity index is 871. The number of nitrogens with one attached hydrogen (secondary N) is 2. The Kier molecular flexibility index (Phi) is 7.38. The van der Waals surface area contributed by atoms with E-state index >= 15 is 0 Å². The van der Waals surface area contributed by atoms with E-state index in [1.165, 1.54) is 12.1 Å². The van der Waals surface area contributed by atoms with E-state index in [2.05, 4.69) is 10.0 Å². The van der Waals surface area contributed by atoms with Crippen molar-refractivity contribution in [3.8, 4) is 0 Å². The summed E-state index contributed by atoms with van der Waals surface area (Å²) in [5.74, 6) is 0.172. The summed E-state index contributed by atoms with van der Waals surface area (Å²) in [5, 5.41) is 2.78. The summed E-state index contributed by atoms with van der Waals surface area (Å²) in [6.45, 7) is 0.586. The highest BCUT2D eigenvalue weighted by Crippen LogP contribution is 2.31. The molecule has 3 rings (SSSR count). The Hall–Kier alpha value is -1.93. The van der Waals surface area contributed by atoms with Gasteiger partial charge in [-0.15, -0.1) is 12.4 Å². The van der Waals surface area contributed by atoms with Gasteiger partial charge < -0.3 is 11.1 Å². The summed E-state index contributed by atoms with van der Waals surface area (Å²) in [7, 11) is -3.70. The number of hydrogen-bond acceptors (Lipinski definition) is 4. The van der Waals surface area contributed by atoms with Crippen molar-refractivity contribution in [1.82, 2.24) is 10.0 Å². The summed E-state index contributed by atoms with van der Waals surface area (Å²) in [5.41, 5.74) is 7.14. The van der Waals surface area contributed by atoms with Crippen molar-refractivity contribution in [2.75, 3.05) is 6.54 Å². The monoisotopic (exact) mass is 409 g/mol. The molecule has 146 valence electrons. The standard InChI is InChI=1S/C19H23N3O3S.ClH/c20-18(15-9-10-15)13-21-19(23)16-7-4-8-17(11-16)26(24,25)22-12-14-5-2-1-3-6-14;/h1-8,11,15,18,22H,9-10,12-13,20H2,(H,21,23);1H. The maximum Gasteiger partial charge on any atom is 0.251 e. The van der Waals surface area contributed by atoms with Crippen LogP contribution in [0.2, 0.25) is 0 Å². The van der Waals surface area contributed by atoms with E-state index in [1.807, 2.05) is 30.3 Å². The maximum atomic E-state index is 12.5. The summed E-state index contributed by atoms with van der Waals surface area (Å²) in [6, 6.07) is 15.2. The van der Waals surface area contributed by atoms with Gasteiger partial charge in [-0.3, -0.25) is 4.79 Å². The Morgan fingerprint density at radius 3 is 2.48 bits per heavy atom. The van der Waals surface area contributed by atoms with E-state index in [0.29, 0.717) is 18.0 Å². The van der Waals surface area contributed by atoms with Crippen molar-refractivity contribution >= 4 is 28.3 Å². The van der Waals surface area contributed by atoms with Gasteiger partial charge in [-0.2, -0.15) is 0 Å². The minimum absolute atomic E-state index is 0. The molecule has 1 amide bonds. The molecule has 1 fully saturated rings. The molecule has 1 saturated carbocycles. The second-order valence-corrected chi connectivity index (χ2v) is 8.32. The highest BCUT2D eigenvalue weighted by atomic mass is 35.5. The third kappa shape index (κ3) is 6.04. The number of carbonyl (C=O) groups is 1. The minimum atomic E-state index is -3.70. The van der Waals surface area contributed by atoms with E-state index in [0.717, 1.165) is 18.4 Å². The summed E-state index contributed by atoms with van der Waals surface area (Å²) in [6.07, 6.45) is 2.22. The highest BCUT2D eigenvalue weighted by Gasteiger charge is 2.28.